The van der Waals surface area contributed by atoms with Gasteiger partial charge in [0.05, 0.1) is 16.6 Å². The van der Waals surface area contributed by atoms with Crippen LogP contribution in [-0.2, 0) is 0 Å². The van der Waals surface area contributed by atoms with Crippen molar-refractivity contribution in [2.24, 2.45) is 11.8 Å². The van der Waals surface area contributed by atoms with Crippen molar-refractivity contribution in [3.8, 4) is 0 Å². The van der Waals surface area contributed by atoms with Gasteiger partial charge in [-0.3, -0.25) is 9.69 Å². The summed E-state index contributed by atoms with van der Waals surface area (Å²) in [5, 5.41) is 0.911. The fourth-order valence-corrected chi connectivity index (χ4v) is 2.42. The number of halogens is 2. The van der Waals surface area contributed by atoms with Gasteiger partial charge in [0.15, 0.2) is 5.78 Å². The van der Waals surface area contributed by atoms with Gasteiger partial charge in [-0.15, -0.1) is 0 Å². The van der Waals surface area contributed by atoms with E-state index in [4.69, 9.17) is 23.2 Å². The van der Waals surface area contributed by atoms with Crippen LogP contribution < -0.4 is 0 Å². The van der Waals surface area contributed by atoms with Gasteiger partial charge in [0.2, 0.25) is 0 Å². The van der Waals surface area contributed by atoms with Crippen LogP contribution in [0.1, 0.15) is 23.7 Å². The van der Waals surface area contributed by atoms with Crippen molar-refractivity contribution in [2.45, 2.75) is 13.3 Å². The number of carbonyl (C=O) groups is 1. The molecule has 0 aliphatic heterocycles. The molecule has 2 rings (SSSR count). The van der Waals surface area contributed by atoms with E-state index in [-0.39, 0.29) is 5.78 Å². The second-order valence-electron chi connectivity index (χ2n) is 5.22. The summed E-state index contributed by atoms with van der Waals surface area (Å²) >= 11 is 11.7. The topological polar surface area (TPSA) is 20.3 Å². The summed E-state index contributed by atoms with van der Waals surface area (Å²) in [4.78, 5) is 14.1. The first-order valence-electron chi connectivity index (χ1n) is 6.14. The van der Waals surface area contributed by atoms with Crippen LogP contribution in [0.5, 0.6) is 0 Å². The fourth-order valence-electron chi connectivity index (χ4n) is 2.12. The van der Waals surface area contributed by atoms with Crippen LogP contribution in [0, 0.1) is 11.8 Å². The number of Topliss-reactive ketones (excluding diaryl/α,β-unsaturated/α-hetero) is 1. The number of benzene rings is 1. The maximum absolute atomic E-state index is 12.1. The molecule has 2 nitrogen and oxygen atoms in total. The third kappa shape index (κ3) is 3.47. The van der Waals surface area contributed by atoms with Gasteiger partial charge in [0.25, 0.3) is 0 Å². The number of likely N-dealkylation sites (N-methyl/N-ethyl adjacent to an activating group) is 1. The molecule has 0 spiro atoms. The van der Waals surface area contributed by atoms with Gasteiger partial charge in [0, 0.05) is 12.1 Å². The average Bonchev–Trinajstić information content (AvgIpc) is 2.97. The van der Waals surface area contributed by atoms with Crippen molar-refractivity contribution in [1.82, 2.24) is 4.90 Å². The molecule has 1 aliphatic carbocycles. The van der Waals surface area contributed by atoms with Gasteiger partial charge >= 0.3 is 0 Å². The summed E-state index contributed by atoms with van der Waals surface area (Å²) in [5.41, 5.74) is 0.625. The average molecular weight is 286 g/mol. The van der Waals surface area contributed by atoms with Crippen LogP contribution >= 0.6 is 23.2 Å². The van der Waals surface area contributed by atoms with Gasteiger partial charge in [-0.25, -0.2) is 0 Å². The minimum Gasteiger partial charge on any atom is -0.299 e. The Hall–Kier alpha value is -0.570. The highest BCUT2D eigenvalue weighted by Gasteiger charge is 2.33. The molecule has 0 radical (unpaired) electrons. The SMILES string of the molecule is CC1CC1CN(C)CC(=O)c1ccc(Cl)c(Cl)c1. The molecule has 1 fully saturated rings. The molecule has 0 amide bonds. The standard InChI is InChI=1S/C14H17Cl2NO/c1-9-5-11(9)7-17(2)8-14(18)10-3-4-12(15)13(16)6-10/h3-4,6,9,11H,5,7-8H2,1-2H3. The monoisotopic (exact) mass is 285 g/mol. The Kier molecular flexibility index (Phi) is 4.31. The molecule has 0 aromatic heterocycles. The third-order valence-electron chi connectivity index (χ3n) is 3.48. The zero-order valence-corrected chi connectivity index (χ0v) is 12.1. The van der Waals surface area contributed by atoms with E-state index in [0.29, 0.717) is 22.2 Å². The molecular weight excluding hydrogens is 269 g/mol. The lowest BCUT2D eigenvalue weighted by Crippen LogP contribution is -2.28. The zero-order chi connectivity index (χ0) is 13.3. The summed E-state index contributed by atoms with van der Waals surface area (Å²) in [6.45, 7) is 3.68. The van der Waals surface area contributed by atoms with Gasteiger partial charge in [-0.05, 0) is 43.5 Å². The van der Waals surface area contributed by atoms with Gasteiger partial charge < -0.3 is 0 Å². The van der Waals surface area contributed by atoms with Crippen LogP contribution in [0.25, 0.3) is 0 Å². The highest BCUT2D eigenvalue weighted by molar-refractivity contribution is 6.42. The Balaban J connectivity index is 1.92. The van der Waals surface area contributed by atoms with E-state index in [1.807, 2.05) is 7.05 Å². The van der Waals surface area contributed by atoms with Crippen molar-refractivity contribution < 1.29 is 4.79 Å². The minimum atomic E-state index is 0.0874. The second-order valence-corrected chi connectivity index (χ2v) is 6.04. The molecule has 2 unspecified atom stereocenters. The zero-order valence-electron chi connectivity index (χ0n) is 10.6. The number of nitrogens with zero attached hydrogens (tertiary/aromatic N) is 1. The molecule has 1 aromatic carbocycles. The molecule has 18 heavy (non-hydrogen) atoms. The van der Waals surface area contributed by atoms with Crippen LogP contribution in [0.15, 0.2) is 18.2 Å². The van der Waals surface area contributed by atoms with Crippen LogP contribution in [-0.4, -0.2) is 30.8 Å². The molecule has 1 aliphatic rings. The first kappa shape index (κ1) is 13.9. The van der Waals surface area contributed by atoms with Gasteiger partial charge in [-0.2, -0.15) is 0 Å². The molecular formula is C14H17Cl2NO. The minimum absolute atomic E-state index is 0.0874. The molecule has 98 valence electrons. The van der Waals surface area contributed by atoms with E-state index in [1.165, 1.54) is 6.42 Å². The quantitative estimate of drug-likeness (QED) is 0.768. The summed E-state index contributed by atoms with van der Waals surface area (Å²) in [6.07, 6.45) is 1.28. The lowest BCUT2D eigenvalue weighted by molar-refractivity contribution is 0.0943. The predicted octanol–water partition coefficient (Wildman–Crippen LogP) is 3.76. The van der Waals surface area contributed by atoms with Crippen LogP contribution in [0.2, 0.25) is 10.0 Å². The van der Waals surface area contributed by atoms with E-state index < -0.39 is 0 Å². The molecule has 2 atom stereocenters. The Bertz CT molecular complexity index is 461. The summed E-state index contributed by atoms with van der Waals surface area (Å²) < 4.78 is 0. The van der Waals surface area contributed by atoms with Crippen molar-refractivity contribution in [1.29, 1.82) is 0 Å². The van der Waals surface area contributed by atoms with Crippen LogP contribution in [0.4, 0.5) is 0 Å². The molecule has 0 saturated heterocycles. The smallest absolute Gasteiger partial charge is 0.176 e. The second kappa shape index (κ2) is 5.60. The normalized spacial score (nSPS) is 22.3. The van der Waals surface area contributed by atoms with E-state index in [2.05, 4.69) is 11.8 Å². The lowest BCUT2D eigenvalue weighted by Gasteiger charge is -2.15. The third-order valence-corrected chi connectivity index (χ3v) is 4.22. The predicted molar refractivity (Wildman–Crippen MR) is 75.6 cm³/mol. The molecule has 4 heteroatoms. The Morgan fingerprint density at radius 2 is 2.06 bits per heavy atom. The highest BCUT2D eigenvalue weighted by atomic mass is 35.5. The number of ketones is 1. The number of hydrogen-bond acceptors (Lipinski definition) is 2. The maximum Gasteiger partial charge on any atom is 0.176 e. The lowest BCUT2D eigenvalue weighted by atomic mass is 10.1. The van der Waals surface area contributed by atoms with Crippen molar-refractivity contribution in [3.05, 3.63) is 33.8 Å². The summed E-state index contributed by atoms with van der Waals surface area (Å²) in [6, 6.07) is 5.03. The highest BCUT2D eigenvalue weighted by Crippen LogP contribution is 2.37. The Morgan fingerprint density at radius 1 is 1.39 bits per heavy atom. The summed E-state index contributed by atoms with van der Waals surface area (Å²) in [7, 11) is 1.99. The number of hydrogen-bond donors (Lipinski definition) is 0. The van der Waals surface area contributed by atoms with Crippen molar-refractivity contribution in [2.75, 3.05) is 20.1 Å². The van der Waals surface area contributed by atoms with E-state index in [0.717, 1.165) is 18.4 Å². The molecule has 1 aromatic rings. The van der Waals surface area contributed by atoms with Crippen molar-refractivity contribution >= 4 is 29.0 Å². The fraction of sp³-hybridized carbons (Fsp3) is 0.500. The first-order chi connectivity index (χ1) is 8.47. The Morgan fingerprint density at radius 3 is 2.61 bits per heavy atom. The molecule has 0 bridgehead atoms. The maximum atomic E-state index is 12.1. The van der Waals surface area contributed by atoms with Crippen molar-refractivity contribution in [3.63, 3.8) is 0 Å². The molecule has 1 saturated carbocycles. The van der Waals surface area contributed by atoms with Gasteiger partial charge in [0.1, 0.15) is 0 Å². The van der Waals surface area contributed by atoms with E-state index in [1.54, 1.807) is 18.2 Å². The van der Waals surface area contributed by atoms with Gasteiger partial charge in [-0.1, -0.05) is 30.1 Å². The molecule has 0 heterocycles. The largest absolute Gasteiger partial charge is 0.299 e. The number of rotatable bonds is 5. The van der Waals surface area contributed by atoms with E-state index >= 15 is 0 Å². The Labute approximate surface area is 118 Å². The molecule has 0 N–H and O–H groups in total. The summed E-state index contributed by atoms with van der Waals surface area (Å²) in [5.74, 6) is 1.66. The van der Waals surface area contributed by atoms with Crippen LogP contribution in [0.3, 0.4) is 0 Å². The first-order valence-corrected chi connectivity index (χ1v) is 6.89. The number of carbonyl (C=O) groups excluding carboxylic acids is 1. The van der Waals surface area contributed by atoms with E-state index in [9.17, 15) is 4.79 Å².